The summed E-state index contributed by atoms with van der Waals surface area (Å²) in [4.78, 5) is 34.9. The van der Waals surface area contributed by atoms with Gasteiger partial charge in [-0.25, -0.2) is 14.8 Å². The zero-order chi connectivity index (χ0) is 22.7. The SMILES string of the molecule is COc1ccc(C2=NC(=Cc3csc(N(C(C)=O)c4ccccc4)n3)C(=O)O2)cc1OC. The maximum Gasteiger partial charge on any atom is 0.363 e. The Kier molecular flexibility index (Phi) is 6.00. The zero-order valence-electron chi connectivity index (χ0n) is 17.6. The van der Waals surface area contributed by atoms with Gasteiger partial charge < -0.3 is 14.2 Å². The summed E-state index contributed by atoms with van der Waals surface area (Å²) >= 11 is 1.29. The van der Waals surface area contributed by atoms with Gasteiger partial charge >= 0.3 is 5.97 Å². The third-order valence-corrected chi connectivity index (χ3v) is 5.41. The molecule has 0 atom stereocenters. The molecule has 4 rings (SSSR count). The molecule has 2 aromatic carbocycles. The molecule has 162 valence electrons. The number of benzene rings is 2. The fourth-order valence-electron chi connectivity index (χ4n) is 3.09. The topological polar surface area (TPSA) is 90.3 Å². The third-order valence-electron chi connectivity index (χ3n) is 4.57. The minimum absolute atomic E-state index is 0.112. The quantitative estimate of drug-likeness (QED) is 0.414. The van der Waals surface area contributed by atoms with E-state index in [4.69, 9.17) is 14.2 Å². The summed E-state index contributed by atoms with van der Waals surface area (Å²) in [5.74, 6) is 0.456. The molecule has 2 heterocycles. The van der Waals surface area contributed by atoms with Crippen LogP contribution >= 0.6 is 11.3 Å². The van der Waals surface area contributed by atoms with Gasteiger partial charge in [0, 0.05) is 17.9 Å². The van der Waals surface area contributed by atoms with Crippen LogP contribution in [0.5, 0.6) is 11.5 Å². The van der Waals surface area contributed by atoms with Gasteiger partial charge in [-0.3, -0.25) is 9.69 Å². The highest BCUT2D eigenvalue weighted by Gasteiger charge is 2.26. The number of rotatable bonds is 6. The number of methoxy groups -OCH3 is 2. The van der Waals surface area contributed by atoms with Crippen LogP contribution in [0.1, 0.15) is 18.2 Å². The Balaban J connectivity index is 1.62. The monoisotopic (exact) mass is 449 g/mol. The molecular weight excluding hydrogens is 430 g/mol. The molecule has 0 bridgehead atoms. The van der Waals surface area contributed by atoms with Gasteiger partial charge in [0.25, 0.3) is 0 Å². The summed E-state index contributed by atoms with van der Waals surface area (Å²) in [5, 5.41) is 2.24. The van der Waals surface area contributed by atoms with Gasteiger partial charge in [-0.2, -0.15) is 0 Å². The van der Waals surface area contributed by atoms with Crippen molar-refractivity contribution in [1.29, 1.82) is 0 Å². The number of aromatic nitrogens is 1. The molecule has 0 spiro atoms. The maximum atomic E-state index is 12.4. The molecule has 1 amide bonds. The fraction of sp³-hybridized carbons (Fsp3) is 0.130. The smallest absolute Gasteiger partial charge is 0.363 e. The predicted molar refractivity (Wildman–Crippen MR) is 122 cm³/mol. The van der Waals surface area contributed by atoms with Crippen molar-refractivity contribution in [3.63, 3.8) is 0 Å². The largest absolute Gasteiger partial charge is 0.493 e. The van der Waals surface area contributed by atoms with Gasteiger partial charge in [-0.1, -0.05) is 18.2 Å². The van der Waals surface area contributed by atoms with Crippen molar-refractivity contribution in [3.05, 3.63) is 70.9 Å². The molecule has 1 aliphatic rings. The number of carbonyl (C=O) groups excluding carboxylic acids is 2. The van der Waals surface area contributed by atoms with E-state index >= 15 is 0 Å². The average molecular weight is 449 g/mol. The molecule has 0 unspecified atom stereocenters. The van der Waals surface area contributed by atoms with Gasteiger partial charge in [0.05, 0.1) is 25.6 Å². The fourth-order valence-corrected chi connectivity index (χ4v) is 3.94. The number of amides is 1. The molecule has 0 saturated carbocycles. The normalized spacial score (nSPS) is 14.2. The molecule has 32 heavy (non-hydrogen) atoms. The van der Waals surface area contributed by atoms with Crippen molar-refractivity contribution in [2.45, 2.75) is 6.92 Å². The van der Waals surface area contributed by atoms with E-state index in [0.29, 0.717) is 33.6 Å². The van der Waals surface area contributed by atoms with E-state index in [1.807, 2.05) is 30.3 Å². The minimum Gasteiger partial charge on any atom is -0.493 e. The van der Waals surface area contributed by atoms with E-state index in [1.54, 1.807) is 30.7 Å². The second-order valence-electron chi connectivity index (χ2n) is 6.65. The predicted octanol–water partition coefficient (Wildman–Crippen LogP) is 4.19. The molecule has 9 heteroatoms. The summed E-state index contributed by atoms with van der Waals surface area (Å²) in [6.07, 6.45) is 1.53. The van der Waals surface area contributed by atoms with E-state index in [9.17, 15) is 9.59 Å². The van der Waals surface area contributed by atoms with E-state index in [1.165, 1.54) is 36.3 Å². The first kappa shape index (κ1) is 21.3. The van der Waals surface area contributed by atoms with E-state index in [0.717, 1.165) is 0 Å². The zero-order valence-corrected chi connectivity index (χ0v) is 18.4. The summed E-state index contributed by atoms with van der Waals surface area (Å²) in [7, 11) is 3.06. The van der Waals surface area contributed by atoms with Crippen LogP contribution in [0.15, 0.2) is 64.6 Å². The standard InChI is InChI=1S/C23H19N3O5S/c1-14(27)26(17-7-5-4-6-8-17)23-24-16(13-32-23)12-18-22(28)31-21(25-18)15-9-10-19(29-2)20(11-15)30-3/h4-13H,1-3H3. The molecule has 0 fully saturated rings. The molecule has 1 aromatic heterocycles. The highest BCUT2D eigenvalue weighted by Crippen LogP contribution is 2.31. The van der Waals surface area contributed by atoms with Crippen LogP contribution in [0, 0.1) is 0 Å². The number of aliphatic imine (C=N–C) groups is 1. The van der Waals surface area contributed by atoms with Crippen molar-refractivity contribution in [3.8, 4) is 11.5 Å². The van der Waals surface area contributed by atoms with Crippen LogP contribution in [0.4, 0.5) is 10.8 Å². The number of esters is 1. The number of thiazole rings is 1. The molecule has 0 N–H and O–H groups in total. The van der Waals surface area contributed by atoms with Gasteiger partial charge in [-0.15, -0.1) is 11.3 Å². The summed E-state index contributed by atoms with van der Waals surface area (Å²) in [6.45, 7) is 1.47. The molecule has 0 radical (unpaired) electrons. The van der Waals surface area contributed by atoms with Gasteiger partial charge in [-0.05, 0) is 36.4 Å². The Morgan fingerprint density at radius 2 is 1.84 bits per heavy atom. The lowest BCUT2D eigenvalue weighted by atomic mass is 10.2. The lowest BCUT2D eigenvalue weighted by Crippen LogP contribution is -2.22. The summed E-state index contributed by atoms with van der Waals surface area (Å²) in [6, 6.07) is 14.3. The van der Waals surface area contributed by atoms with Crippen molar-refractivity contribution < 1.29 is 23.8 Å². The van der Waals surface area contributed by atoms with Crippen LogP contribution in [0.2, 0.25) is 0 Å². The van der Waals surface area contributed by atoms with Crippen molar-refractivity contribution in [2.75, 3.05) is 19.1 Å². The first-order valence-electron chi connectivity index (χ1n) is 9.56. The molecule has 3 aromatic rings. The Hall–Kier alpha value is -3.98. The summed E-state index contributed by atoms with van der Waals surface area (Å²) in [5.41, 5.74) is 1.89. The molecule has 0 aliphatic carbocycles. The molecule has 1 aliphatic heterocycles. The number of carbonyl (C=O) groups is 2. The first-order valence-corrected chi connectivity index (χ1v) is 10.4. The van der Waals surface area contributed by atoms with E-state index < -0.39 is 5.97 Å². The van der Waals surface area contributed by atoms with Crippen molar-refractivity contribution >= 4 is 46.0 Å². The molecule has 0 saturated heterocycles. The van der Waals surface area contributed by atoms with E-state index in [2.05, 4.69) is 9.98 Å². The van der Waals surface area contributed by atoms with Gasteiger partial charge in [0.15, 0.2) is 22.3 Å². The van der Waals surface area contributed by atoms with E-state index in [-0.39, 0.29) is 17.5 Å². The minimum atomic E-state index is -0.587. The number of hydrogen-bond acceptors (Lipinski definition) is 8. The lowest BCUT2D eigenvalue weighted by molar-refractivity contribution is -0.130. The number of nitrogens with zero attached hydrogens (tertiary/aromatic N) is 3. The maximum absolute atomic E-state index is 12.4. The Labute approximate surface area is 188 Å². The Morgan fingerprint density at radius 3 is 2.53 bits per heavy atom. The van der Waals surface area contributed by atoms with Crippen molar-refractivity contribution in [2.24, 2.45) is 4.99 Å². The van der Waals surface area contributed by atoms with Crippen LogP contribution in [-0.4, -0.2) is 37.0 Å². The number of hydrogen-bond donors (Lipinski definition) is 0. The number of para-hydroxylation sites is 1. The van der Waals surface area contributed by atoms with Crippen molar-refractivity contribution in [1.82, 2.24) is 4.98 Å². The molecule has 8 nitrogen and oxygen atoms in total. The number of cyclic esters (lactones) is 1. The van der Waals surface area contributed by atoms with Crippen LogP contribution < -0.4 is 14.4 Å². The number of ether oxygens (including phenoxy) is 3. The second-order valence-corrected chi connectivity index (χ2v) is 7.49. The lowest BCUT2D eigenvalue weighted by Gasteiger charge is -2.17. The van der Waals surface area contributed by atoms with Crippen LogP contribution in [0.3, 0.4) is 0 Å². The first-order chi connectivity index (χ1) is 15.5. The van der Waals surface area contributed by atoms with Crippen LogP contribution in [-0.2, 0) is 14.3 Å². The van der Waals surface area contributed by atoms with Crippen LogP contribution in [0.25, 0.3) is 6.08 Å². The average Bonchev–Trinajstić information content (AvgIpc) is 3.40. The summed E-state index contributed by atoms with van der Waals surface area (Å²) < 4.78 is 15.8. The third kappa shape index (κ3) is 4.23. The highest BCUT2D eigenvalue weighted by atomic mass is 32.1. The number of anilines is 2. The highest BCUT2D eigenvalue weighted by molar-refractivity contribution is 7.14. The Bertz CT molecular complexity index is 1230. The Morgan fingerprint density at radius 1 is 1.09 bits per heavy atom. The second kappa shape index (κ2) is 9.03. The van der Waals surface area contributed by atoms with Gasteiger partial charge in [0.2, 0.25) is 11.8 Å². The van der Waals surface area contributed by atoms with Gasteiger partial charge in [0.1, 0.15) is 0 Å². The molecular formula is C23H19N3O5S.